The Balaban J connectivity index is 2.30. The Morgan fingerprint density at radius 1 is 1.67 bits per heavy atom. The van der Waals surface area contributed by atoms with Gasteiger partial charge in [-0.3, -0.25) is 4.79 Å². The van der Waals surface area contributed by atoms with Crippen LogP contribution in [0.5, 0.6) is 0 Å². The van der Waals surface area contributed by atoms with Crippen molar-refractivity contribution in [3.63, 3.8) is 0 Å². The molecule has 3 unspecified atom stereocenters. The molecule has 88 valence electrons. The molecular weight excluding hydrogens is 198 g/mol. The van der Waals surface area contributed by atoms with Crippen molar-refractivity contribution in [2.24, 2.45) is 5.92 Å². The molecule has 1 rings (SSSR count). The number of amides is 1. The molecule has 0 saturated carbocycles. The summed E-state index contributed by atoms with van der Waals surface area (Å²) in [5.41, 5.74) is -1.25. The fourth-order valence-corrected chi connectivity index (χ4v) is 1.48. The van der Waals surface area contributed by atoms with Crippen LogP contribution in [0.15, 0.2) is 0 Å². The van der Waals surface area contributed by atoms with Crippen LogP contribution in [0.3, 0.4) is 0 Å². The van der Waals surface area contributed by atoms with Gasteiger partial charge in [-0.1, -0.05) is 0 Å². The monoisotopic (exact) mass is 217 g/mol. The SMILES string of the molecule is CC1CC(C(=O)NCC(C)(O)CO)CO1. The summed E-state index contributed by atoms with van der Waals surface area (Å²) in [4.78, 5) is 11.6. The molecule has 1 aliphatic heterocycles. The molecule has 3 N–H and O–H groups in total. The van der Waals surface area contributed by atoms with Gasteiger partial charge in [0.25, 0.3) is 0 Å². The van der Waals surface area contributed by atoms with Crippen molar-refractivity contribution in [1.82, 2.24) is 5.32 Å². The van der Waals surface area contributed by atoms with E-state index >= 15 is 0 Å². The van der Waals surface area contributed by atoms with Gasteiger partial charge in [0, 0.05) is 6.54 Å². The van der Waals surface area contributed by atoms with E-state index in [4.69, 9.17) is 9.84 Å². The average Bonchev–Trinajstić information content (AvgIpc) is 2.61. The van der Waals surface area contributed by atoms with Gasteiger partial charge in [0.2, 0.25) is 5.91 Å². The number of carbonyl (C=O) groups is 1. The van der Waals surface area contributed by atoms with E-state index < -0.39 is 5.60 Å². The van der Waals surface area contributed by atoms with Gasteiger partial charge in [-0.25, -0.2) is 0 Å². The third kappa shape index (κ3) is 3.77. The first-order valence-corrected chi connectivity index (χ1v) is 5.17. The highest BCUT2D eigenvalue weighted by Gasteiger charge is 2.29. The first-order chi connectivity index (χ1) is 6.94. The molecule has 0 bridgehead atoms. The summed E-state index contributed by atoms with van der Waals surface area (Å²) in [5, 5.41) is 20.9. The summed E-state index contributed by atoms with van der Waals surface area (Å²) in [6.45, 7) is 3.53. The Morgan fingerprint density at radius 2 is 2.33 bits per heavy atom. The lowest BCUT2D eigenvalue weighted by molar-refractivity contribution is -0.126. The van der Waals surface area contributed by atoms with E-state index in [2.05, 4.69) is 5.32 Å². The van der Waals surface area contributed by atoms with Crippen LogP contribution in [-0.4, -0.2) is 47.6 Å². The highest BCUT2D eigenvalue weighted by Crippen LogP contribution is 2.19. The first kappa shape index (κ1) is 12.4. The standard InChI is InChI=1S/C10H19NO4/c1-7-3-8(4-15-7)9(13)11-5-10(2,14)6-12/h7-8,12,14H,3-6H2,1-2H3,(H,11,13). The van der Waals surface area contributed by atoms with E-state index in [0.29, 0.717) is 13.0 Å². The predicted octanol–water partition coefficient (Wildman–Crippen LogP) is -0.729. The number of hydrogen-bond donors (Lipinski definition) is 3. The second kappa shape index (κ2) is 4.92. The molecule has 0 spiro atoms. The van der Waals surface area contributed by atoms with Gasteiger partial charge in [-0.2, -0.15) is 0 Å². The van der Waals surface area contributed by atoms with E-state index in [1.165, 1.54) is 6.92 Å². The molecule has 1 saturated heterocycles. The van der Waals surface area contributed by atoms with Gasteiger partial charge in [0.05, 0.1) is 25.2 Å². The van der Waals surface area contributed by atoms with Crippen LogP contribution in [0.1, 0.15) is 20.3 Å². The second-order valence-corrected chi connectivity index (χ2v) is 4.45. The molecule has 15 heavy (non-hydrogen) atoms. The second-order valence-electron chi connectivity index (χ2n) is 4.45. The molecule has 0 aliphatic carbocycles. The number of carbonyl (C=O) groups excluding carboxylic acids is 1. The topological polar surface area (TPSA) is 78.8 Å². The quantitative estimate of drug-likeness (QED) is 0.580. The van der Waals surface area contributed by atoms with Gasteiger partial charge < -0.3 is 20.3 Å². The minimum atomic E-state index is -1.25. The Bertz CT molecular complexity index is 229. The van der Waals surface area contributed by atoms with E-state index in [0.717, 1.165) is 0 Å². The third-order valence-corrected chi connectivity index (χ3v) is 2.55. The molecule has 0 aromatic rings. The van der Waals surface area contributed by atoms with E-state index in [-0.39, 0.29) is 31.1 Å². The van der Waals surface area contributed by atoms with Crippen LogP contribution >= 0.6 is 0 Å². The molecule has 1 amide bonds. The van der Waals surface area contributed by atoms with Gasteiger partial charge in [0.15, 0.2) is 0 Å². The van der Waals surface area contributed by atoms with Gasteiger partial charge in [-0.05, 0) is 20.3 Å². The van der Waals surface area contributed by atoms with Crippen LogP contribution in [0.4, 0.5) is 0 Å². The number of ether oxygens (including phenoxy) is 1. The molecule has 5 nitrogen and oxygen atoms in total. The lowest BCUT2D eigenvalue weighted by Gasteiger charge is -2.21. The third-order valence-electron chi connectivity index (χ3n) is 2.55. The maximum Gasteiger partial charge on any atom is 0.225 e. The van der Waals surface area contributed by atoms with Crippen molar-refractivity contribution in [2.75, 3.05) is 19.8 Å². The van der Waals surface area contributed by atoms with Crippen molar-refractivity contribution < 1.29 is 19.7 Å². The zero-order chi connectivity index (χ0) is 11.5. The summed E-state index contributed by atoms with van der Waals surface area (Å²) < 4.78 is 5.27. The summed E-state index contributed by atoms with van der Waals surface area (Å²) >= 11 is 0. The Labute approximate surface area is 89.4 Å². The van der Waals surface area contributed by atoms with Crippen molar-refractivity contribution in [1.29, 1.82) is 0 Å². The number of nitrogens with one attached hydrogen (secondary N) is 1. The summed E-state index contributed by atoms with van der Waals surface area (Å²) in [7, 11) is 0. The predicted molar refractivity (Wildman–Crippen MR) is 54.2 cm³/mol. The fraction of sp³-hybridized carbons (Fsp3) is 0.900. The maximum atomic E-state index is 11.6. The average molecular weight is 217 g/mol. The van der Waals surface area contributed by atoms with Crippen molar-refractivity contribution in [3.05, 3.63) is 0 Å². The molecular formula is C10H19NO4. The number of rotatable bonds is 4. The van der Waals surface area contributed by atoms with E-state index in [1.807, 2.05) is 6.92 Å². The lowest BCUT2D eigenvalue weighted by Crippen LogP contribution is -2.45. The zero-order valence-electron chi connectivity index (χ0n) is 9.19. The maximum absolute atomic E-state index is 11.6. The van der Waals surface area contributed by atoms with Crippen LogP contribution in [0, 0.1) is 5.92 Å². The Morgan fingerprint density at radius 3 is 2.80 bits per heavy atom. The number of aliphatic hydroxyl groups is 2. The zero-order valence-corrected chi connectivity index (χ0v) is 9.19. The molecule has 1 heterocycles. The normalized spacial score (nSPS) is 29.9. The highest BCUT2D eigenvalue weighted by molar-refractivity contribution is 5.79. The molecule has 3 atom stereocenters. The summed E-state index contributed by atoms with van der Waals surface area (Å²) in [6.07, 6.45) is 0.840. The summed E-state index contributed by atoms with van der Waals surface area (Å²) in [5.74, 6) is -0.248. The molecule has 0 aromatic carbocycles. The summed E-state index contributed by atoms with van der Waals surface area (Å²) in [6, 6.07) is 0. The van der Waals surface area contributed by atoms with Crippen LogP contribution in [0.25, 0.3) is 0 Å². The van der Waals surface area contributed by atoms with Crippen LogP contribution in [-0.2, 0) is 9.53 Å². The van der Waals surface area contributed by atoms with Crippen LogP contribution < -0.4 is 5.32 Å². The smallest absolute Gasteiger partial charge is 0.225 e. The molecule has 0 radical (unpaired) electrons. The minimum Gasteiger partial charge on any atom is -0.393 e. The first-order valence-electron chi connectivity index (χ1n) is 5.17. The minimum absolute atomic E-state index is 0.0627. The molecule has 0 aromatic heterocycles. The molecule has 1 aliphatic rings. The van der Waals surface area contributed by atoms with Crippen LogP contribution in [0.2, 0.25) is 0 Å². The van der Waals surface area contributed by atoms with Gasteiger partial charge in [0.1, 0.15) is 5.60 Å². The number of aliphatic hydroxyl groups excluding tert-OH is 1. The highest BCUT2D eigenvalue weighted by atomic mass is 16.5. The Hall–Kier alpha value is -0.650. The number of hydrogen-bond acceptors (Lipinski definition) is 4. The van der Waals surface area contributed by atoms with E-state index in [9.17, 15) is 9.90 Å². The molecule has 1 fully saturated rings. The van der Waals surface area contributed by atoms with Gasteiger partial charge in [-0.15, -0.1) is 0 Å². The fourth-order valence-electron chi connectivity index (χ4n) is 1.48. The van der Waals surface area contributed by atoms with Crippen molar-refractivity contribution in [3.8, 4) is 0 Å². The van der Waals surface area contributed by atoms with Crippen molar-refractivity contribution in [2.45, 2.75) is 32.0 Å². The Kier molecular flexibility index (Phi) is 4.07. The molecule has 5 heteroatoms. The van der Waals surface area contributed by atoms with Gasteiger partial charge >= 0.3 is 0 Å². The van der Waals surface area contributed by atoms with Crippen molar-refractivity contribution >= 4 is 5.91 Å². The van der Waals surface area contributed by atoms with E-state index in [1.54, 1.807) is 0 Å². The largest absolute Gasteiger partial charge is 0.393 e. The lowest BCUT2D eigenvalue weighted by atomic mass is 10.0.